The van der Waals surface area contributed by atoms with E-state index in [0.717, 1.165) is 24.0 Å². The van der Waals surface area contributed by atoms with E-state index in [1.54, 1.807) is 29.5 Å². The predicted octanol–water partition coefficient (Wildman–Crippen LogP) is 4.83. The zero-order valence-electron chi connectivity index (χ0n) is 12.5. The zero-order valence-corrected chi connectivity index (χ0v) is 13.3. The Labute approximate surface area is 137 Å². The second-order valence-electron chi connectivity index (χ2n) is 5.85. The molecule has 4 rings (SSSR count). The van der Waals surface area contributed by atoms with E-state index >= 15 is 0 Å². The lowest BCUT2D eigenvalue weighted by Crippen LogP contribution is -2.24. The summed E-state index contributed by atoms with van der Waals surface area (Å²) in [5, 5.41) is 4.22. The molecule has 1 aromatic carbocycles. The lowest BCUT2D eigenvalue weighted by molar-refractivity contribution is 0.0679. The van der Waals surface area contributed by atoms with Crippen LogP contribution in [0.15, 0.2) is 41.1 Å². The van der Waals surface area contributed by atoms with E-state index in [2.05, 4.69) is 26.7 Å². The lowest BCUT2D eigenvalue weighted by Gasteiger charge is -2.23. The van der Waals surface area contributed by atoms with Crippen molar-refractivity contribution in [3.8, 4) is 0 Å². The van der Waals surface area contributed by atoms with Gasteiger partial charge < -0.3 is 0 Å². The summed E-state index contributed by atoms with van der Waals surface area (Å²) in [6.45, 7) is -1.19. The molecule has 0 aliphatic carbocycles. The molecule has 3 nitrogen and oxygen atoms in total. The quantitative estimate of drug-likeness (QED) is 0.682. The molecule has 1 aliphatic rings. The van der Waals surface area contributed by atoms with E-state index in [-0.39, 0.29) is 0 Å². The highest BCUT2D eigenvalue weighted by Gasteiger charge is 2.28. The number of halogens is 2. The number of thiophene rings is 1. The van der Waals surface area contributed by atoms with Gasteiger partial charge in [-0.15, -0.1) is 0 Å². The number of alkyl halides is 2. The number of likely N-dealkylation sites (tertiary alicyclic amines) is 1. The summed E-state index contributed by atoms with van der Waals surface area (Å²) in [7, 11) is 0. The average molecular weight is 333 g/mol. The number of imidazole rings is 1. The molecule has 3 aromatic rings. The molecule has 0 unspecified atom stereocenters. The fourth-order valence-corrected chi connectivity index (χ4v) is 4.17. The molecule has 0 bridgehead atoms. The highest BCUT2D eigenvalue weighted by atomic mass is 32.1. The molecule has 1 aliphatic heterocycles. The first-order valence-electron chi connectivity index (χ1n) is 7.74. The largest absolute Gasteiger partial charge is 0.320 e. The van der Waals surface area contributed by atoms with Crippen molar-refractivity contribution in [2.75, 3.05) is 6.54 Å². The Hall–Kier alpha value is -1.79. The van der Waals surface area contributed by atoms with Gasteiger partial charge in [-0.25, -0.2) is 4.98 Å². The first kappa shape index (κ1) is 14.8. The van der Waals surface area contributed by atoms with E-state index in [0.29, 0.717) is 29.4 Å². The van der Waals surface area contributed by atoms with Gasteiger partial charge in [-0.2, -0.15) is 20.1 Å². The second kappa shape index (κ2) is 6.02. The van der Waals surface area contributed by atoms with Crippen molar-refractivity contribution in [3.05, 3.63) is 52.5 Å². The third kappa shape index (κ3) is 2.66. The minimum Gasteiger partial charge on any atom is -0.289 e. The van der Waals surface area contributed by atoms with E-state index in [9.17, 15) is 8.78 Å². The Balaban J connectivity index is 1.68. The maximum absolute atomic E-state index is 13.5. The van der Waals surface area contributed by atoms with Crippen LogP contribution in [0.2, 0.25) is 0 Å². The summed E-state index contributed by atoms with van der Waals surface area (Å²) < 4.78 is 28.2. The minimum atomic E-state index is -2.57. The summed E-state index contributed by atoms with van der Waals surface area (Å²) in [4.78, 5) is 6.72. The van der Waals surface area contributed by atoms with E-state index < -0.39 is 6.55 Å². The smallest absolute Gasteiger partial charge is 0.289 e. The van der Waals surface area contributed by atoms with Crippen molar-refractivity contribution in [1.29, 1.82) is 0 Å². The normalized spacial score (nSPS) is 19.2. The third-order valence-corrected chi connectivity index (χ3v) is 5.20. The van der Waals surface area contributed by atoms with Gasteiger partial charge in [0.25, 0.3) is 0 Å². The number of hydrogen-bond donors (Lipinski definition) is 0. The second-order valence-corrected chi connectivity index (χ2v) is 6.63. The number of benzene rings is 1. The molecule has 1 saturated heterocycles. The Morgan fingerprint density at radius 1 is 1.26 bits per heavy atom. The first-order chi connectivity index (χ1) is 11.2. The summed E-state index contributed by atoms with van der Waals surface area (Å²) in [6, 6.07) is 9.54. The predicted molar refractivity (Wildman–Crippen MR) is 87.7 cm³/mol. The van der Waals surface area contributed by atoms with Crippen LogP contribution in [-0.2, 0) is 6.54 Å². The van der Waals surface area contributed by atoms with Crippen LogP contribution >= 0.6 is 11.3 Å². The van der Waals surface area contributed by atoms with Crippen LogP contribution in [0.4, 0.5) is 8.78 Å². The topological polar surface area (TPSA) is 21.1 Å². The molecule has 2 aromatic heterocycles. The zero-order chi connectivity index (χ0) is 15.8. The maximum atomic E-state index is 13.5. The highest BCUT2D eigenvalue weighted by Crippen LogP contribution is 2.35. The molecule has 1 atom stereocenters. The molecule has 0 radical (unpaired) electrons. The summed E-state index contributed by atoms with van der Waals surface area (Å²) in [5.41, 5.74) is 2.42. The SMILES string of the molecule is FC(F)n1c(CN2CCC[C@H]2c2ccsc2)nc2ccccc21. The highest BCUT2D eigenvalue weighted by molar-refractivity contribution is 7.07. The van der Waals surface area contributed by atoms with Gasteiger partial charge in [0, 0.05) is 6.04 Å². The van der Waals surface area contributed by atoms with Crippen molar-refractivity contribution < 1.29 is 8.78 Å². The van der Waals surface area contributed by atoms with Gasteiger partial charge in [0.2, 0.25) is 0 Å². The van der Waals surface area contributed by atoms with E-state index in [1.165, 1.54) is 5.56 Å². The molecule has 0 amide bonds. The number of aromatic nitrogens is 2. The average Bonchev–Trinajstić information content (AvgIpc) is 3.25. The van der Waals surface area contributed by atoms with Crippen molar-refractivity contribution in [3.63, 3.8) is 0 Å². The molecular weight excluding hydrogens is 316 g/mol. The Morgan fingerprint density at radius 2 is 2.13 bits per heavy atom. The fraction of sp³-hybridized carbons (Fsp3) is 0.353. The van der Waals surface area contributed by atoms with Crippen LogP contribution in [-0.4, -0.2) is 21.0 Å². The molecular formula is C17H17F2N3S. The Bertz CT molecular complexity index is 797. The van der Waals surface area contributed by atoms with Gasteiger partial charge >= 0.3 is 6.55 Å². The maximum Gasteiger partial charge on any atom is 0.320 e. The molecule has 1 fully saturated rings. The minimum absolute atomic E-state index is 0.312. The van der Waals surface area contributed by atoms with Crippen molar-refractivity contribution in [2.24, 2.45) is 0 Å². The molecule has 23 heavy (non-hydrogen) atoms. The standard InChI is InChI=1S/C17H17F2N3S/c18-17(19)22-15-5-2-1-4-13(15)20-16(22)10-21-8-3-6-14(21)12-7-9-23-11-12/h1-2,4-5,7,9,11,14,17H,3,6,8,10H2/t14-/m0/s1. The van der Waals surface area contributed by atoms with Gasteiger partial charge in [0.05, 0.1) is 17.6 Å². The van der Waals surface area contributed by atoms with Crippen molar-refractivity contribution in [2.45, 2.75) is 32.0 Å². The summed E-state index contributed by atoms with van der Waals surface area (Å²) in [6.07, 6.45) is 2.17. The van der Waals surface area contributed by atoms with Gasteiger partial charge in [-0.1, -0.05) is 12.1 Å². The fourth-order valence-electron chi connectivity index (χ4n) is 3.46. The van der Waals surface area contributed by atoms with E-state index in [4.69, 9.17) is 0 Å². The van der Waals surface area contributed by atoms with Gasteiger partial charge in [-0.3, -0.25) is 9.47 Å². The number of para-hydroxylation sites is 2. The van der Waals surface area contributed by atoms with Crippen LogP contribution in [0.1, 0.15) is 36.8 Å². The van der Waals surface area contributed by atoms with Gasteiger partial charge in [0.1, 0.15) is 5.82 Å². The Kier molecular flexibility index (Phi) is 3.87. The van der Waals surface area contributed by atoms with Crippen LogP contribution in [0.5, 0.6) is 0 Å². The van der Waals surface area contributed by atoms with Crippen LogP contribution in [0.3, 0.4) is 0 Å². The van der Waals surface area contributed by atoms with Crippen molar-refractivity contribution >= 4 is 22.4 Å². The first-order valence-corrected chi connectivity index (χ1v) is 8.68. The molecule has 0 saturated carbocycles. The molecule has 0 N–H and O–H groups in total. The van der Waals surface area contributed by atoms with Gasteiger partial charge in [0.15, 0.2) is 0 Å². The lowest BCUT2D eigenvalue weighted by atomic mass is 10.1. The third-order valence-electron chi connectivity index (χ3n) is 4.50. The van der Waals surface area contributed by atoms with Crippen LogP contribution < -0.4 is 0 Å². The number of fused-ring (bicyclic) bond motifs is 1. The van der Waals surface area contributed by atoms with E-state index in [1.807, 2.05) is 6.07 Å². The Morgan fingerprint density at radius 3 is 2.91 bits per heavy atom. The van der Waals surface area contributed by atoms with Crippen molar-refractivity contribution in [1.82, 2.24) is 14.5 Å². The number of rotatable bonds is 4. The molecule has 3 heterocycles. The van der Waals surface area contributed by atoms with Gasteiger partial charge in [-0.05, 0) is 53.9 Å². The monoisotopic (exact) mass is 333 g/mol. The number of hydrogen-bond acceptors (Lipinski definition) is 3. The molecule has 6 heteroatoms. The summed E-state index contributed by atoms with van der Waals surface area (Å²) in [5.74, 6) is 0.448. The number of nitrogens with zero attached hydrogens (tertiary/aromatic N) is 3. The summed E-state index contributed by atoms with van der Waals surface area (Å²) >= 11 is 1.68. The van der Waals surface area contributed by atoms with Crippen LogP contribution in [0, 0.1) is 0 Å². The molecule has 0 spiro atoms. The molecule has 120 valence electrons. The van der Waals surface area contributed by atoms with Crippen LogP contribution in [0.25, 0.3) is 11.0 Å².